The number of benzene rings is 1. The van der Waals surface area contributed by atoms with E-state index in [0.717, 1.165) is 25.9 Å². The van der Waals surface area contributed by atoms with Gasteiger partial charge >= 0.3 is 0 Å². The van der Waals surface area contributed by atoms with Crippen LogP contribution in [0.4, 0.5) is 5.69 Å². The van der Waals surface area contributed by atoms with E-state index >= 15 is 0 Å². The maximum absolute atomic E-state index is 12.4. The summed E-state index contributed by atoms with van der Waals surface area (Å²) in [5, 5.41) is 12.0. The third-order valence-corrected chi connectivity index (χ3v) is 4.06. The highest BCUT2D eigenvalue weighted by Gasteiger charge is 2.20. The number of halogens is 1. The van der Waals surface area contributed by atoms with Gasteiger partial charge in [0.05, 0.1) is 10.7 Å². The zero-order valence-corrected chi connectivity index (χ0v) is 13.2. The van der Waals surface area contributed by atoms with Crippen molar-refractivity contribution in [3.05, 3.63) is 28.8 Å². The largest absolute Gasteiger partial charge is 0.339 e. The molecule has 0 unspecified atom stereocenters. The molecule has 1 saturated heterocycles. The van der Waals surface area contributed by atoms with Crippen LogP contribution < -0.4 is 5.32 Å². The minimum absolute atomic E-state index is 0.000407. The first-order valence-electron chi connectivity index (χ1n) is 6.52. The van der Waals surface area contributed by atoms with Crippen LogP contribution in [0.5, 0.6) is 0 Å². The normalized spacial score (nSPS) is 14.9. The number of amides is 1. The van der Waals surface area contributed by atoms with Crippen LogP contribution in [0, 0.1) is 11.5 Å². The summed E-state index contributed by atoms with van der Waals surface area (Å²) in [5.74, 6) is -0.000407. The summed E-state index contributed by atoms with van der Waals surface area (Å²) in [4.78, 5) is 18.5. The zero-order chi connectivity index (χ0) is 15.2. The fraction of sp³-hybridized carbons (Fsp3) is 0.357. The van der Waals surface area contributed by atoms with Crippen molar-refractivity contribution in [2.24, 2.45) is 4.99 Å². The molecule has 0 atom stereocenters. The Morgan fingerprint density at radius 3 is 2.81 bits per heavy atom. The van der Waals surface area contributed by atoms with Gasteiger partial charge in [-0.2, -0.15) is 5.26 Å². The second-order valence-corrected chi connectivity index (χ2v) is 5.73. The molecule has 0 aliphatic carbocycles. The number of thioether (sulfide) groups is 1. The molecule has 0 aromatic heterocycles. The van der Waals surface area contributed by atoms with E-state index in [-0.39, 0.29) is 5.91 Å². The lowest BCUT2D eigenvalue weighted by molar-refractivity contribution is 0.0793. The fourth-order valence-corrected chi connectivity index (χ4v) is 2.61. The summed E-state index contributed by atoms with van der Waals surface area (Å²) < 4.78 is 0. The summed E-state index contributed by atoms with van der Waals surface area (Å²) in [6.45, 7) is 1.60. The van der Waals surface area contributed by atoms with Crippen LogP contribution in [0.15, 0.2) is 23.2 Å². The third kappa shape index (κ3) is 3.90. The number of rotatable bonds is 2. The van der Waals surface area contributed by atoms with E-state index in [2.05, 4.69) is 10.3 Å². The molecule has 0 spiro atoms. The van der Waals surface area contributed by atoms with Gasteiger partial charge in [0.15, 0.2) is 11.4 Å². The van der Waals surface area contributed by atoms with Gasteiger partial charge in [-0.05, 0) is 37.3 Å². The SMILES string of the molecule is CSC(=Nc1cc(C(=O)N2CCCC2)ccc1Cl)NC#N. The first kappa shape index (κ1) is 15.7. The van der Waals surface area contributed by atoms with Gasteiger partial charge in [-0.1, -0.05) is 23.4 Å². The molecule has 1 amide bonds. The number of hydrogen-bond donors (Lipinski definition) is 1. The van der Waals surface area contributed by atoms with Crippen molar-refractivity contribution in [3.63, 3.8) is 0 Å². The minimum atomic E-state index is -0.000407. The van der Waals surface area contributed by atoms with E-state index in [1.807, 2.05) is 11.1 Å². The maximum atomic E-state index is 12.4. The van der Waals surface area contributed by atoms with Gasteiger partial charge in [-0.25, -0.2) is 4.99 Å². The number of nitrogens with one attached hydrogen (secondary N) is 1. The number of nitriles is 1. The van der Waals surface area contributed by atoms with E-state index < -0.39 is 0 Å². The van der Waals surface area contributed by atoms with Crippen LogP contribution in [0.2, 0.25) is 5.02 Å². The summed E-state index contributed by atoms with van der Waals surface area (Å²) in [6.07, 6.45) is 5.72. The monoisotopic (exact) mass is 322 g/mol. The van der Waals surface area contributed by atoms with Crippen LogP contribution in [-0.2, 0) is 0 Å². The molecule has 0 bridgehead atoms. The minimum Gasteiger partial charge on any atom is -0.339 e. The molecular weight excluding hydrogens is 308 g/mol. The molecule has 1 N–H and O–H groups in total. The summed E-state index contributed by atoms with van der Waals surface area (Å²) >= 11 is 7.41. The molecule has 0 radical (unpaired) electrons. The van der Waals surface area contributed by atoms with Gasteiger partial charge in [-0.15, -0.1) is 0 Å². The summed E-state index contributed by atoms with van der Waals surface area (Å²) in [6, 6.07) is 5.03. The standard InChI is InChI=1S/C14H15ClN4OS/c1-21-14(17-9-16)18-12-8-10(4-5-11(12)15)13(20)19-6-2-3-7-19/h4-5,8H,2-3,6-7H2,1H3,(H,17,18). The average molecular weight is 323 g/mol. The quantitative estimate of drug-likeness (QED) is 0.393. The van der Waals surface area contributed by atoms with Crippen molar-refractivity contribution in [2.75, 3.05) is 19.3 Å². The predicted octanol–water partition coefficient (Wildman–Crippen LogP) is 3.00. The molecule has 1 aliphatic rings. The molecule has 7 heteroatoms. The predicted molar refractivity (Wildman–Crippen MR) is 85.9 cm³/mol. The zero-order valence-electron chi connectivity index (χ0n) is 11.6. The van der Waals surface area contributed by atoms with Crippen molar-refractivity contribution < 1.29 is 4.79 Å². The number of nitrogens with zero attached hydrogens (tertiary/aromatic N) is 3. The van der Waals surface area contributed by atoms with Gasteiger partial charge in [0.1, 0.15) is 0 Å². The smallest absolute Gasteiger partial charge is 0.253 e. The molecule has 110 valence electrons. The second kappa shape index (κ2) is 7.34. The van der Waals surface area contributed by atoms with Crippen LogP contribution in [0.1, 0.15) is 23.2 Å². The van der Waals surface area contributed by atoms with Crippen molar-refractivity contribution in [1.29, 1.82) is 5.26 Å². The van der Waals surface area contributed by atoms with E-state index in [9.17, 15) is 4.79 Å². The number of aliphatic imine (C=N–C) groups is 1. The molecule has 1 aromatic rings. The Labute approximate surface area is 133 Å². The molecule has 1 heterocycles. The molecule has 5 nitrogen and oxygen atoms in total. The van der Waals surface area contributed by atoms with Gasteiger partial charge < -0.3 is 4.90 Å². The van der Waals surface area contributed by atoms with Crippen LogP contribution in [0.25, 0.3) is 0 Å². The number of carbonyl (C=O) groups is 1. The van der Waals surface area contributed by atoms with E-state index in [1.54, 1.807) is 24.5 Å². The molecular formula is C14H15ClN4OS. The van der Waals surface area contributed by atoms with Gasteiger partial charge in [0.2, 0.25) is 0 Å². The summed E-state index contributed by atoms with van der Waals surface area (Å²) in [5.41, 5.74) is 1.05. The Bertz CT molecular complexity index is 605. The van der Waals surface area contributed by atoms with Gasteiger partial charge in [0.25, 0.3) is 5.91 Å². The Morgan fingerprint density at radius 1 is 1.48 bits per heavy atom. The Morgan fingerprint density at radius 2 is 2.19 bits per heavy atom. The Kier molecular flexibility index (Phi) is 5.48. The number of carbonyl (C=O) groups excluding carboxylic acids is 1. The topological polar surface area (TPSA) is 68.5 Å². The Balaban J connectivity index is 2.28. The Hall–Kier alpha value is -1.71. The molecule has 1 aliphatic heterocycles. The highest BCUT2D eigenvalue weighted by molar-refractivity contribution is 8.13. The lowest BCUT2D eigenvalue weighted by Gasteiger charge is -2.15. The highest BCUT2D eigenvalue weighted by Crippen LogP contribution is 2.28. The number of likely N-dealkylation sites (tertiary alicyclic amines) is 1. The number of hydrogen-bond acceptors (Lipinski definition) is 4. The van der Waals surface area contributed by atoms with Crippen molar-refractivity contribution in [2.45, 2.75) is 12.8 Å². The van der Waals surface area contributed by atoms with Crippen molar-refractivity contribution >= 4 is 40.1 Å². The van der Waals surface area contributed by atoms with Gasteiger partial charge in [0, 0.05) is 18.7 Å². The van der Waals surface area contributed by atoms with Crippen LogP contribution >= 0.6 is 23.4 Å². The molecule has 0 saturated carbocycles. The summed E-state index contributed by atoms with van der Waals surface area (Å²) in [7, 11) is 0. The third-order valence-electron chi connectivity index (χ3n) is 3.16. The number of amidine groups is 1. The van der Waals surface area contributed by atoms with Crippen molar-refractivity contribution in [1.82, 2.24) is 10.2 Å². The van der Waals surface area contributed by atoms with Crippen LogP contribution in [0.3, 0.4) is 0 Å². The fourth-order valence-electron chi connectivity index (χ4n) is 2.12. The molecule has 2 rings (SSSR count). The van der Waals surface area contributed by atoms with Crippen LogP contribution in [-0.4, -0.2) is 35.3 Å². The van der Waals surface area contributed by atoms with E-state index in [0.29, 0.717) is 21.4 Å². The van der Waals surface area contributed by atoms with E-state index in [4.69, 9.17) is 16.9 Å². The lowest BCUT2D eigenvalue weighted by atomic mass is 10.2. The first-order valence-corrected chi connectivity index (χ1v) is 8.12. The van der Waals surface area contributed by atoms with Gasteiger partial charge in [-0.3, -0.25) is 10.1 Å². The second-order valence-electron chi connectivity index (χ2n) is 4.52. The lowest BCUT2D eigenvalue weighted by Crippen LogP contribution is -2.27. The first-order chi connectivity index (χ1) is 10.2. The molecule has 1 fully saturated rings. The highest BCUT2D eigenvalue weighted by atomic mass is 35.5. The molecule has 21 heavy (non-hydrogen) atoms. The van der Waals surface area contributed by atoms with Crippen molar-refractivity contribution in [3.8, 4) is 6.19 Å². The average Bonchev–Trinajstić information content (AvgIpc) is 3.02. The van der Waals surface area contributed by atoms with E-state index in [1.165, 1.54) is 11.8 Å². The molecule has 1 aromatic carbocycles. The maximum Gasteiger partial charge on any atom is 0.253 e.